The molecule has 1 saturated carbocycles. The lowest BCUT2D eigenvalue weighted by Crippen LogP contribution is -2.09. The third-order valence-electron chi connectivity index (χ3n) is 4.42. The topological polar surface area (TPSA) is 43.1 Å². The third-order valence-corrected chi connectivity index (χ3v) is 5.99. The molecule has 4 rings (SSSR count). The summed E-state index contributed by atoms with van der Waals surface area (Å²) in [6.45, 7) is 0. The number of hydrogen-bond donors (Lipinski definition) is 0. The van der Waals surface area contributed by atoms with Gasteiger partial charge in [0, 0.05) is 21.3 Å². The van der Waals surface area contributed by atoms with Crippen LogP contribution in [-0.2, 0) is 6.18 Å². The van der Waals surface area contributed by atoms with Gasteiger partial charge in [-0.2, -0.15) is 13.2 Å². The summed E-state index contributed by atoms with van der Waals surface area (Å²) >= 11 is 7.18. The average molecular weight is 424 g/mol. The van der Waals surface area contributed by atoms with Gasteiger partial charge in [-0.25, -0.2) is 0 Å². The summed E-state index contributed by atoms with van der Waals surface area (Å²) in [4.78, 5) is 13.8. The number of halogens is 4. The number of alkyl halides is 3. The Kier molecular flexibility index (Phi) is 4.97. The first-order valence-electron chi connectivity index (χ1n) is 8.47. The number of nitrogens with zero attached hydrogens (tertiary/aromatic N) is 1. The molecule has 0 amide bonds. The normalized spacial score (nSPS) is 14.3. The molecule has 0 aliphatic heterocycles. The molecule has 0 spiro atoms. The quantitative estimate of drug-likeness (QED) is 0.433. The molecule has 1 aliphatic carbocycles. The van der Waals surface area contributed by atoms with E-state index in [1.165, 1.54) is 12.3 Å². The fraction of sp³-hybridized carbons (Fsp3) is 0.200. The van der Waals surface area contributed by atoms with E-state index in [0.717, 1.165) is 36.7 Å². The number of rotatable bonds is 5. The number of hydrogen-bond acceptors (Lipinski definition) is 4. The van der Waals surface area contributed by atoms with Crippen LogP contribution in [0.25, 0.3) is 0 Å². The lowest BCUT2D eigenvalue weighted by atomic mass is 10.0. The van der Waals surface area contributed by atoms with E-state index in [1.807, 2.05) is 0 Å². The van der Waals surface area contributed by atoms with E-state index in [9.17, 15) is 18.0 Å². The van der Waals surface area contributed by atoms with Crippen LogP contribution in [0, 0.1) is 0 Å². The van der Waals surface area contributed by atoms with Gasteiger partial charge in [-0.1, -0.05) is 40.7 Å². The van der Waals surface area contributed by atoms with E-state index in [1.54, 1.807) is 24.3 Å². The molecule has 144 valence electrons. The highest BCUT2D eigenvalue weighted by Gasteiger charge is 2.34. The minimum absolute atomic E-state index is 0.156. The monoisotopic (exact) mass is 423 g/mol. The zero-order chi connectivity index (χ0) is 19.9. The number of carbonyl (C=O) groups excluding carboxylic acids is 1. The molecular weight excluding hydrogens is 411 g/mol. The van der Waals surface area contributed by atoms with Gasteiger partial charge in [-0.15, -0.1) is 0 Å². The van der Waals surface area contributed by atoms with Crippen LogP contribution in [0.2, 0.25) is 5.02 Å². The molecule has 28 heavy (non-hydrogen) atoms. The Bertz CT molecular complexity index is 1040. The lowest BCUT2D eigenvalue weighted by molar-refractivity contribution is -0.137. The molecule has 0 radical (unpaired) electrons. The van der Waals surface area contributed by atoms with Crippen LogP contribution in [0.15, 0.2) is 63.0 Å². The van der Waals surface area contributed by atoms with Crippen molar-refractivity contribution in [1.82, 2.24) is 5.16 Å². The predicted molar refractivity (Wildman–Crippen MR) is 98.9 cm³/mol. The number of ketones is 1. The summed E-state index contributed by atoms with van der Waals surface area (Å²) in [5, 5.41) is 4.30. The fourth-order valence-corrected chi connectivity index (χ4v) is 4.09. The Morgan fingerprint density at radius 3 is 2.54 bits per heavy atom. The molecule has 0 bridgehead atoms. The minimum Gasteiger partial charge on any atom is -0.364 e. The highest BCUT2D eigenvalue weighted by atomic mass is 35.5. The molecule has 0 unspecified atom stereocenters. The SMILES string of the molecule is O=C(c1ccc(C(F)(F)F)cc1Sc1ccccc1Cl)c1conc1C1CC1. The fourth-order valence-electron chi connectivity index (χ4n) is 2.83. The summed E-state index contributed by atoms with van der Waals surface area (Å²) in [6, 6.07) is 9.88. The van der Waals surface area contributed by atoms with Crippen molar-refractivity contribution in [3.8, 4) is 0 Å². The molecule has 1 aliphatic rings. The second-order valence-electron chi connectivity index (χ2n) is 6.46. The van der Waals surface area contributed by atoms with Crippen LogP contribution in [0.4, 0.5) is 13.2 Å². The molecule has 0 N–H and O–H groups in total. The standard InChI is InChI=1S/C20H13ClF3NO2S/c21-15-3-1-2-4-16(15)28-17-9-12(20(22,23)24)7-8-13(17)19(26)14-10-27-25-18(14)11-5-6-11/h1-4,7-11H,5-6H2. The van der Waals surface area contributed by atoms with Gasteiger partial charge in [0.25, 0.3) is 0 Å². The molecule has 3 nitrogen and oxygen atoms in total. The van der Waals surface area contributed by atoms with Gasteiger partial charge in [0.15, 0.2) is 5.78 Å². The smallest absolute Gasteiger partial charge is 0.364 e. The third kappa shape index (κ3) is 3.82. The van der Waals surface area contributed by atoms with Gasteiger partial charge >= 0.3 is 6.18 Å². The largest absolute Gasteiger partial charge is 0.416 e. The minimum atomic E-state index is -4.52. The van der Waals surface area contributed by atoms with E-state index >= 15 is 0 Å². The first-order chi connectivity index (χ1) is 13.3. The lowest BCUT2D eigenvalue weighted by Gasteiger charge is -2.13. The van der Waals surface area contributed by atoms with Crippen molar-refractivity contribution in [2.45, 2.75) is 34.7 Å². The first-order valence-corrected chi connectivity index (χ1v) is 9.66. The number of benzene rings is 2. The molecule has 0 saturated heterocycles. The van der Waals surface area contributed by atoms with E-state index < -0.39 is 17.5 Å². The van der Waals surface area contributed by atoms with Gasteiger partial charge in [-0.05, 0) is 43.2 Å². The molecule has 1 fully saturated rings. The number of carbonyl (C=O) groups is 1. The van der Waals surface area contributed by atoms with Crippen molar-refractivity contribution < 1.29 is 22.5 Å². The maximum absolute atomic E-state index is 13.2. The summed E-state index contributed by atoms with van der Waals surface area (Å²) in [5.74, 6) is -0.238. The van der Waals surface area contributed by atoms with Crippen molar-refractivity contribution in [2.24, 2.45) is 0 Å². The molecule has 8 heteroatoms. The predicted octanol–water partition coefficient (Wildman–Crippen LogP) is 6.61. The maximum Gasteiger partial charge on any atom is 0.416 e. The van der Waals surface area contributed by atoms with Crippen LogP contribution < -0.4 is 0 Å². The van der Waals surface area contributed by atoms with Gasteiger partial charge in [0.2, 0.25) is 0 Å². The summed E-state index contributed by atoms with van der Waals surface area (Å²) in [6.07, 6.45) is -1.42. The van der Waals surface area contributed by atoms with E-state index in [-0.39, 0.29) is 16.4 Å². The second-order valence-corrected chi connectivity index (χ2v) is 7.95. The maximum atomic E-state index is 13.2. The van der Waals surface area contributed by atoms with E-state index in [2.05, 4.69) is 5.16 Å². The highest BCUT2D eigenvalue weighted by Crippen LogP contribution is 2.43. The van der Waals surface area contributed by atoms with Crippen molar-refractivity contribution in [3.05, 3.63) is 76.1 Å². The van der Waals surface area contributed by atoms with Crippen molar-refractivity contribution in [2.75, 3.05) is 0 Å². The summed E-state index contributed by atoms with van der Waals surface area (Å²) in [5.41, 5.74) is 0.191. The molecule has 1 heterocycles. The van der Waals surface area contributed by atoms with Crippen molar-refractivity contribution in [3.63, 3.8) is 0 Å². The van der Waals surface area contributed by atoms with Gasteiger partial charge in [0.1, 0.15) is 6.26 Å². The highest BCUT2D eigenvalue weighted by molar-refractivity contribution is 7.99. The Morgan fingerprint density at radius 1 is 1.11 bits per heavy atom. The zero-order valence-corrected chi connectivity index (χ0v) is 15.9. The van der Waals surface area contributed by atoms with E-state index in [4.69, 9.17) is 16.1 Å². The van der Waals surface area contributed by atoms with Crippen LogP contribution in [0.3, 0.4) is 0 Å². The zero-order valence-electron chi connectivity index (χ0n) is 14.3. The van der Waals surface area contributed by atoms with Crippen molar-refractivity contribution >= 4 is 29.1 Å². The summed E-state index contributed by atoms with van der Waals surface area (Å²) in [7, 11) is 0. The van der Waals surface area contributed by atoms with Crippen LogP contribution in [-0.4, -0.2) is 10.9 Å². The van der Waals surface area contributed by atoms with Gasteiger partial charge in [0.05, 0.1) is 21.8 Å². The molecule has 1 aromatic heterocycles. The number of aromatic nitrogens is 1. The Balaban J connectivity index is 1.78. The van der Waals surface area contributed by atoms with Crippen LogP contribution >= 0.6 is 23.4 Å². The first kappa shape index (κ1) is 19.1. The van der Waals surface area contributed by atoms with E-state index in [0.29, 0.717) is 21.2 Å². The Hall–Kier alpha value is -2.25. The molecule has 0 atom stereocenters. The second kappa shape index (κ2) is 7.29. The molecule has 3 aromatic rings. The van der Waals surface area contributed by atoms with Crippen molar-refractivity contribution in [1.29, 1.82) is 0 Å². The molecular formula is C20H13ClF3NO2S. The van der Waals surface area contributed by atoms with Gasteiger partial charge < -0.3 is 4.52 Å². The van der Waals surface area contributed by atoms with Gasteiger partial charge in [-0.3, -0.25) is 4.79 Å². The average Bonchev–Trinajstić information content (AvgIpc) is 3.39. The van der Waals surface area contributed by atoms with Crippen LogP contribution in [0.5, 0.6) is 0 Å². The summed E-state index contributed by atoms with van der Waals surface area (Å²) < 4.78 is 44.6. The Morgan fingerprint density at radius 2 is 1.86 bits per heavy atom. The molecule has 2 aromatic carbocycles. The Labute approximate surface area is 167 Å². The van der Waals surface area contributed by atoms with Crippen LogP contribution in [0.1, 0.15) is 45.9 Å².